The molecule has 0 unspecified atom stereocenters. The van der Waals surface area contributed by atoms with Gasteiger partial charge in [0.15, 0.2) is 10.9 Å². The minimum atomic E-state index is -0.291. The van der Waals surface area contributed by atoms with Crippen LogP contribution in [0.5, 0.6) is 0 Å². The molecule has 0 atom stereocenters. The van der Waals surface area contributed by atoms with Crippen molar-refractivity contribution in [2.24, 2.45) is 0 Å². The highest BCUT2D eigenvalue weighted by atomic mass is 35.5. The number of hydrogen-bond donors (Lipinski definition) is 2. The summed E-state index contributed by atoms with van der Waals surface area (Å²) in [6.07, 6.45) is 0. The Kier molecular flexibility index (Phi) is 5.31. The summed E-state index contributed by atoms with van der Waals surface area (Å²) in [5.41, 5.74) is 2.81. The van der Waals surface area contributed by atoms with Crippen molar-refractivity contribution in [2.75, 3.05) is 10.6 Å². The average Bonchev–Trinajstić information content (AvgIpc) is 2.91. The molecule has 0 fully saturated rings. The van der Waals surface area contributed by atoms with Crippen LogP contribution in [0.15, 0.2) is 54.6 Å². The average molecular weight is 375 g/mol. The number of hydrogen-bond acceptors (Lipinski definition) is 2. The highest BCUT2D eigenvalue weighted by Crippen LogP contribution is 2.15. The molecule has 0 saturated carbocycles. The van der Waals surface area contributed by atoms with Gasteiger partial charge in [-0.15, -0.1) is 0 Å². The van der Waals surface area contributed by atoms with E-state index in [0.717, 1.165) is 11.3 Å². The maximum absolute atomic E-state index is 12.9. The van der Waals surface area contributed by atoms with E-state index in [1.54, 1.807) is 12.1 Å². The summed E-state index contributed by atoms with van der Waals surface area (Å²) in [5.74, 6) is 0.354. The molecule has 0 saturated heterocycles. The van der Waals surface area contributed by atoms with Gasteiger partial charge in [0.1, 0.15) is 5.82 Å². The topological polar surface area (TPSA) is 41.9 Å². The number of aromatic nitrogens is 2. The van der Waals surface area contributed by atoms with Gasteiger partial charge in [0.05, 0.1) is 6.54 Å². The minimum absolute atomic E-state index is 0.291. The van der Waals surface area contributed by atoms with Gasteiger partial charge in [0, 0.05) is 22.5 Å². The van der Waals surface area contributed by atoms with E-state index in [1.807, 2.05) is 41.9 Å². The molecule has 3 rings (SSSR count). The van der Waals surface area contributed by atoms with Gasteiger partial charge in [-0.05, 0) is 61.1 Å². The zero-order chi connectivity index (χ0) is 17.8. The lowest BCUT2D eigenvalue weighted by Gasteiger charge is -2.08. The van der Waals surface area contributed by atoms with Gasteiger partial charge >= 0.3 is 0 Å². The molecule has 0 spiro atoms. The molecule has 2 N–H and O–H groups in total. The fraction of sp³-hybridized carbons (Fsp3) is 0.111. The molecule has 25 heavy (non-hydrogen) atoms. The molecule has 0 aliphatic heterocycles. The summed E-state index contributed by atoms with van der Waals surface area (Å²) in [4.78, 5) is 0. The normalized spacial score (nSPS) is 10.5. The first-order chi connectivity index (χ1) is 12.0. The maximum atomic E-state index is 12.9. The number of nitrogens with zero attached hydrogens (tertiary/aromatic N) is 2. The van der Waals surface area contributed by atoms with Crippen LogP contribution < -0.4 is 10.6 Å². The van der Waals surface area contributed by atoms with Gasteiger partial charge in [-0.25, -0.2) is 4.39 Å². The second-order valence-electron chi connectivity index (χ2n) is 5.54. The van der Waals surface area contributed by atoms with Crippen molar-refractivity contribution >= 4 is 40.4 Å². The van der Waals surface area contributed by atoms with Crippen LogP contribution in [0, 0.1) is 12.7 Å². The van der Waals surface area contributed by atoms with Gasteiger partial charge in [-0.3, -0.25) is 4.68 Å². The minimum Gasteiger partial charge on any atom is -0.332 e. The third-order valence-electron chi connectivity index (χ3n) is 3.57. The van der Waals surface area contributed by atoms with Crippen LogP contribution in [0.3, 0.4) is 0 Å². The smallest absolute Gasteiger partial charge is 0.176 e. The van der Waals surface area contributed by atoms with Crippen LogP contribution in [0.1, 0.15) is 11.3 Å². The Morgan fingerprint density at radius 2 is 1.80 bits per heavy atom. The van der Waals surface area contributed by atoms with Gasteiger partial charge < -0.3 is 10.6 Å². The van der Waals surface area contributed by atoms with Crippen LogP contribution in [0.25, 0.3) is 0 Å². The molecular formula is C18H16ClFN4S. The quantitative estimate of drug-likeness (QED) is 0.641. The number of anilines is 2. The van der Waals surface area contributed by atoms with Gasteiger partial charge in [-0.2, -0.15) is 5.10 Å². The van der Waals surface area contributed by atoms with Crippen molar-refractivity contribution in [1.29, 1.82) is 0 Å². The summed E-state index contributed by atoms with van der Waals surface area (Å²) in [7, 11) is 0. The highest BCUT2D eigenvalue weighted by Gasteiger charge is 2.07. The monoisotopic (exact) mass is 374 g/mol. The summed E-state index contributed by atoms with van der Waals surface area (Å²) in [6, 6.07) is 15.5. The molecule has 0 amide bonds. The molecule has 2 aromatic carbocycles. The van der Waals surface area contributed by atoms with E-state index >= 15 is 0 Å². The summed E-state index contributed by atoms with van der Waals surface area (Å²) in [5, 5.41) is 11.6. The molecule has 0 radical (unpaired) electrons. The number of benzene rings is 2. The van der Waals surface area contributed by atoms with Gasteiger partial charge in [0.2, 0.25) is 0 Å². The Balaban J connectivity index is 1.64. The van der Waals surface area contributed by atoms with Crippen LogP contribution in [0.2, 0.25) is 5.02 Å². The van der Waals surface area contributed by atoms with Gasteiger partial charge in [0.25, 0.3) is 0 Å². The Morgan fingerprint density at radius 1 is 1.12 bits per heavy atom. The van der Waals surface area contributed by atoms with Crippen molar-refractivity contribution in [1.82, 2.24) is 9.78 Å². The third kappa shape index (κ3) is 4.78. The number of halogens is 2. The lowest BCUT2D eigenvalue weighted by molar-refractivity contribution is 0.628. The number of nitrogens with one attached hydrogen (secondary N) is 2. The largest absolute Gasteiger partial charge is 0.332 e. The van der Waals surface area contributed by atoms with Crippen molar-refractivity contribution in [3.63, 3.8) is 0 Å². The molecule has 7 heteroatoms. The lowest BCUT2D eigenvalue weighted by Crippen LogP contribution is -2.19. The predicted molar refractivity (Wildman–Crippen MR) is 104 cm³/mol. The molecule has 0 aliphatic rings. The molecule has 0 bridgehead atoms. The van der Waals surface area contributed by atoms with E-state index in [-0.39, 0.29) is 5.82 Å². The molecule has 1 aromatic heterocycles. The van der Waals surface area contributed by atoms with Crippen molar-refractivity contribution in [3.05, 3.63) is 76.7 Å². The van der Waals surface area contributed by atoms with Gasteiger partial charge in [-0.1, -0.05) is 23.7 Å². The summed E-state index contributed by atoms with van der Waals surface area (Å²) < 4.78 is 14.8. The van der Waals surface area contributed by atoms with Crippen LogP contribution in [-0.2, 0) is 6.54 Å². The molecular weight excluding hydrogens is 359 g/mol. The van der Waals surface area contributed by atoms with E-state index in [1.165, 1.54) is 12.1 Å². The molecule has 1 heterocycles. The fourth-order valence-corrected chi connectivity index (χ4v) is 2.65. The third-order valence-corrected chi connectivity index (χ3v) is 4.03. The van der Waals surface area contributed by atoms with E-state index in [4.69, 9.17) is 23.8 Å². The molecule has 3 aromatic rings. The first-order valence-electron chi connectivity index (χ1n) is 7.62. The number of thiocarbonyl (C=S) groups is 1. The van der Waals surface area contributed by atoms with E-state index in [2.05, 4.69) is 15.7 Å². The second-order valence-corrected chi connectivity index (χ2v) is 6.39. The predicted octanol–water partition coefficient (Wildman–Crippen LogP) is 4.84. The van der Waals surface area contributed by atoms with Crippen molar-refractivity contribution in [3.8, 4) is 0 Å². The van der Waals surface area contributed by atoms with Crippen LogP contribution in [-0.4, -0.2) is 14.9 Å². The van der Waals surface area contributed by atoms with Crippen LogP contribution in [0.4, 0.5) is 15.9 Å². The zero-order valence-corrected chi connectivity index (χ0v) is 15.0. The highest BCUT2D eigenvalue weighted by molar-refractivity contribution is 7.80. The standard InChI is InChI=1S/C18H16ClFN4S/c1-12-10-17(22-18(25)21-16-8-6-15(20)7-9-16)23-24(12)11-13-2-4-14(19)5-3-13/h2-10H,11H2,1H3,(H2,21,22,23,25). The first kappa shape index (κ1) is 17.4. The molecule has 128 valence electrons. The number of rotatable bonds is 4. The Morgan fingerprint density at radius 3 is 2.48 bits per heavy atom. The first-order valence-corrected chi connectivity index (χ1v) is 8.41. The SMILES string of the molecule is Cc1cc(NC(=S)Nc2ccc(F)cc2)nn1Cc1ccc(Cl)cc1. The van der Waals surface area contributed by atoms with E-state index in [9.17, 15) is 4.39 Å². The Hall–Kier alpha value is -2.44. The molecule has 0 aliphatic carbocycles. The summed E-state index contributed by atoms with van der Waals surface area (Å²) >= 11 is 11.2. The van der Waals surface area contributed by atoms with Crippen molar-refractivity contribution < 1.29 is 4.39 Å². The van der Waals surface area contributed by atoms with E-state index < -0.39 is 0 Å². The van der Waals surface area contributed by atoms with E-state index in [0.29, 0.717) is 28.2 Å². The zero-order valence-electron chi connectivity index (χ0n) is 13.5. The Bertz CT molecular complexity index is 875. The maximum Gasteiger partial charge on any atom is 0.176 e. The second kappa shape index (κ2) is 7.63. The lowest BCUT2D eigenvalue weighted by atomic mass is 10.2. The number of aryl methyl sites for hydroxylation is 1. The Labute approximate surface area is 155 Å². The van der Waals surface area contributed by atoms with Crippen LogP contribution >= 0.6 is 23.8 Å². The van der Waals surface area contributed by atoms with Crippen molar-refractivity contribution in [2.45, 2.75) is 13.5 Å². The fourth-order valence-electron chi connectivity index (χ4n) is 2.31. The summed E-state index contributed by atoms with van der Waals surface area (Å²) in [6.45, 7) is 2.62. The molecule has 4 nitrogen and oxygen atoms in total.